The molecular formula is C13H15FN2O. The van der Waals surface area contributed by atoms with Gasteiger partial charge >= 0.3 is 0 Å². The molecule has 0 spiro atoms. The van der Waals surface area contributed by atoms with Gasteiger partial charge in [0.2, 0.25) is 0 Å². The highest BCUT2D eigenvalue weighted by molar-refractivity contribution is 5.95. The first-order valence-corrected chi connectivity index (χ1v) is 5.52. The van der Waals surface area contributed by atoms with Crippen LogP contribution in [0.15, 0.2) is 18.2 Å². The zero-order valence-electron chi connectivity index (χ0n) is 9.96. The summed E-state index contributed by atoms with van der Waals surface area (Å²) in [6.07, 6.45) is 0.974. The number of benzene rings is 1. The molecule has 1 aromatic carbocycles. The van der Waals surface area contributed by atoms with E-state index < -0.39 is 0 Å². The van der Waals surface area contributed by atoms with E-state index in [-0.39, 0.29) is 24.2 Å². The summed E-state index contributed by atoms with van der Waals surface area (Å²) in [7, 11) is 0. The topological polar surface area (TPSA) is 52.9 Å². The second-order valence-electron chi connectivity index (χ2n) is 3.90. The first-order chi connectivity index (χ1) is 8.08. The Morgan fingerprint density at radius 2 is 2.29 bits per heavy atom. The van der Waals surface area contributed by atoms with Crippen LogP contribution in [0.2, 0.25) is 0 Å². The van der Waals surface area contributed by atoms with Crippen LogP contribution in [0.4, 0.5) is 4.39 Å². The van der Waals surface area contributed by atoms with Gasteiger partial charge in [0.25, 0.3) is 5.91 Å². The Bertz CT molecular complexity index is 451. The number of nitrogens with one attached hydrogen (secondary N) is 1. The largest absolute Gasteiger partial charge is 0.348 e. The zero-order valence-corrected chi connectivity index (χ0v) is 9.96. The number of carbonyl (C=O) groups excluding carboxylic acids is 1. The summed E-state index contributed by atoms with van der Waals surface area (Å²) >= 11 is 0. The Balaban J connectivity index is 2.79. The van der Waals surface area contributed by atoms with Crippen LogP contribution in [0.1, 0.15) is 35.7 Å². The maximum absolute atomic E-state index is 12.9. The van der Waals surface area contributed by atoms with Crippen molar-refractivity contribution in [2.24, 2.45) is 0 Å². The number of halogens is 1. The normalized spacial score (nSPS) is 11.6. The lowest BCUT2D eigenvalue weighted by Crippen LogP contribution is -2.34. The van der Waals surface area contributed by atoms with Gasteiger partial charge in [-0.05, 0) is 37.1 Å². The Morgan fingerprint density at radius 1 is 1.59 bits per heavy atom. The lowest BCUT2D eigenvalue weighted by atomic mass is 10.1. The molecule has 0 aliphatic heterocycles. The first-order valence-electron chi connectivity index (χ1n) is 5.52. The predicted octanol–water partition coefficient (Wildman–Crippen LogP) is 2.56. The quantitative estimate of drug-likeness (QED) is 0.870. The molecule has 0 saturated heterocycles. The van der Waals surface area contributed by atoms with Crippen LogP contribution in [-0.2, 0) is 0 Å². The zero-order chi connectivity index (χ0) is 12.8. The predicted molar refractivity (Wildman–Crippen MR) is 62.9 cm³/mol. The molecule has 1 N–H and O–H groups in total. The summed E-state index contributed by atoms with van der Waals surface area (Å²) in [4.78, 5) is 11.9. The second kappa shape index (κ2) is 6.00. The fourth-order valence-corrected chi connectivity index (χ4v) is 1.55. The number of hydrogen-bond acceptors (Lipinski definition) is 2. The van der Waals surface area contributed by atoms with Gasteiger partial charge in [0, 0.05) is 11.6 Å². The molecule has 1 atom stereocenters. The van der Waals surface area contributed by atoms with E-state index >= 15 is 0 Å². The minimum atomic E-state index is -0.358. The van der Waals surface area contributed by atoms with E-state index in [1.54, 1.807) is 6.92 Å². The molecule has 0 aliphatic rings. The molecule has 0 heterocycles. The highest BCUT2D eigenvalue weighted by Crippen LogP contribution is 2.10. The summed E-state index contributed by atoms with van der Waals surface area (Å²) in [6, 6.07) is 5.90. The SMILES string of the molecule is CC[C@H](CC#N)NC(=O)c1ccc(F)cc1C. The molecular weight excluding hydrogens is 219 g/mol. The number of nitrogens with zero attached hydrogens (tertiary/aromatic N) is 1. The van der Waals surface area contributed by atoms with E-state index in [0.717, 1.165) is 0 Å². The van der Waals surface area contributed by atoms with Gasteiger partial charge < -0.3 is 5.32 Å². The molecule has 0 bridgehead atoms. The van der Waals surface area contributed by atoms with Gasteiger partial charge in [0.15, 0.2) is 0 Å². The fraction of sp³-hybridized carbons (Fsp3) is 0.385. The minimum Gasteiger partial charge on any atom is -0.348 e. The van der Waals surface area contributed by atoms with E-state index in [1.165, 1.54) is 18.2 Å². The third-order valence-electron chi connectivity index (χ3n) is 2.60. The number of hydrogen-bond donors (Lipinski definition) is 1. The average Bonchev–Trinajstić information content (AvgIpc) is 2.28. The molecule has 90 valence electrons. The Morgan fingerprint density at radius 3 is 2.82 bits per heavy atom. The summed E-state index contributed by atoms with van der Waals surface area (Å²) in [5.74, 6) is -0.618. The van der Waals surface area contributed by atoms with Crippen molar-refractivity contribution in [1.82, 2.24) is 5.32 Å². The number of rotatable bonds is 4. The van der Waals surface area contributed by atoms with Gasteiger partial charge in [-0.15, -0.1) is 0 Å². The van der Waals surface area contributed by atoms with Crippen molar-refractivity contribution >= 4 is 5.91 Å². The van der Waals surface area contributed by atoms with Crippen molar-refractivity contribution in [2.75, 3.05) is 0 Å². The lowest BCUT2D eigenvalue weighted by molar-refractivity contribution is 0.0936. The number of aryl methyl sites for hydroxylation is 1. The van der Waals surface area contributed by atoms with Gasteiger partial charge in [0.05, 0.1) is 12.5 Å². The van der Waals surface area contributed by atoms with Crippen LogP contribution in [-0.4, -0.2) is 11.9 Å². The van der Waals surface area contributed by atoms with E-state index in [2.05, 4.69) is 5.32 Å². The number of amides is 1. The molecule has 0 unspecified atom stereocenters. The van der Waals surface area contributed by atoms with E-state index in [4.69, 9.17) is 5.26 Å². The van der Waals surface area contributed by atoms with Crippen molar-refractivity contribution in [3.05, 3.63) is 35.1 Å². The van der Waals surface area contributed by atoms with Crippen molar-refractivity contribution in [3.8, 4) is 6.07 Å². The molecule has 0 radical (unpaired) electrons. The van der Waals surface area contributed by atoms with Crippen LogP contribution in [0.3, 0.4) is 0 Å². The van der Waals surface area contributed by atoms with Crippen molar-refractivity contribution in [3.63, 3.8) is 0 Å². The van der Waals surface area contributed by atoms with Crippen molar-refractivity contribution < 1.29 is 9.18 Å². The van der Waals surface area contributed by atoms with E-state index in [0.29, 0.717) is 17.5 Å². The van der Waals surface area contributed by atoms with Gasteiger partial charge in [-0.1, -0.05) is 6.92 Å². The maximum atomic E-state index is 12.9. The third kappa shape index (κ3) is 3.56. The Kier molecular flexibility index (Phi) is 4.65. The van der Waals surface area contributed by atoms with Gasteiger partial charge in [-0.2, -0.15) is 5.26 Å². The van der Waals surface area contributed by atoms with Crippen LogP contribution in [0.25, 0.3) is 0 Å². The van der Waals surface area contributed by atoms with Crippen LogP contribution in [0, 0.1) is 24.1 Å². The van der Waals surface area contributed by atoms with Crippen LogP contribution >= 0.6 is 0 Å². The minimum absolute atomic E-state index is 0.156. The standard InChI is InChI=1S/C13H15FN2O/c1-3-11(6-7-15)16-13(17)12-5-4-10(14)8-9(12)2/h4-5,8,11H,3,6H2,1-2H3,(H,16,17)/t11-/m1/s1. The highest BCUT2D eigenvalue weighted by atomic mass is 19.1. The number of nitriles is 1. The summed E-state index contributed by atoms with van der Waals surface area (Å²) in [5.41, 5.74) is 1.04. The molecule has 1 amide bonds. The molecule has 4 heteroatoms. The van der Waals surface area contributed by atoms with E-state index in [1.807, 2.05) is 13.0 Å². The van der Waals surface area contributed by atoms with Crippen LogP contribution in [0.5, 0.6) is 0 Å². The summed E-state index contributed by atoms with van der Waals surface area (Å²) in [6.45, 7) is 3.59. The molecule has 0 aromatic heterocycles. The average molecular weight is 234 g/mol. The second-order valence-corrected chi connectivity index (χ2v) is 3.90. The highest BCUT2D eigenvalue weighted by Gasteiger charge is 2.13. The monoisotopic (exact) mass is 234 g/mol. The molecule has 1 rings (SSSR count). The summed E-state index contributed by atoms with van der Waals surface area (Å²) < 4.78 is 12.9. The van der Waals surface area contributed by atoms with Gasteiger partial charge in [-0.3, -0.25) is 4.79 Å². The number of carbonyl (C=O) groups is 1. The lowest BCUT2D eigenvalue weighted by Gasteiger charge is -2.14. The molecule has 1 aromatic rings. The molecule has 3 nitrogen and oxygen atoms in total. The Labute approximate surface area is 100 Å². The third-order valence-corrected chi connectivity index (χ3v) is 2.60. The van der Waals surface area contributed by atoms with Crippen molar-refractivity contribution in [1.29, 1.82) is 5.26 Å². The van der Waals surface area contributed by atoms with Gasteiger partial charge in [-0.25, -0.2) is 4.39 Å². The molecule has 0 aliphatic carbocycles. The summed E-state index contributed by atoms with van der Waals surface area (Å²) in [5, 5.41) is 11.4. The van der Waals surface area contributed by atoms with Crippen molar-refractivity contribution in [2.45, 2.75) is 32.7 Å². The Hall–Kier alpha value is -1.89. The molecule has 0 fully saturated rings. The van der Waals surface area contributed by atoms with Crippen LogP contribution < -0.4 is 5.32 Å². The molecule has 17 heavy (non-hydrogen) atoms. The van der Waals surface area contributed by atoms with E-state index in [9.17, 15) is 9.18 Å². The maximum Gasteiger partial charge on any atom is 0.251 e. The molecule has 0 saturated carbocycles. The first kappa shape index (κ1) is 13.2. The fourth-order valence-electron chi connectivity index (χ4n) is 1.55. The smallest absolute Gasteiger partial charge is 0.251 e. The van der Waals surface area contributed by atoms with Gasteiger partial charge in [0.1, 0.15) is 5.82 Å².